The van der Waals surface area contributed by atoms with Crippen molar-refractivity contribution >= 4 is 22.9 Å². The summed E-state index contributed by atoms with van der Waals surface area (Å²) >= 11 is 6.47. The van der Waals surface area contributed by atoms with Gasteiger partial charge in [0, 0.05) is 16.6 Å². The van der Waals surface area contributed by atoms with E-state index in [0.717, 1.165) is 5.92 Å². The Kier molecular flexibility index (Phi) is 6.27. The Labute approximate surface area is 185 Å². The van der Waals surface area contributed by atoms with Crippen molar-refractivity contribution in [3.05, 3.63) is 29.3 Å². The van der Waals surface area contributed by atoms with E-state index in [1.807, 2.05) is 0 Å². The van der Waals surface area contributed by atoms with Crippen LogP contribution in [0.3, 0.4) is 0 Å². The monoisotopic (exact) mass is 413 g/mol. The molecular weight excluding hydrogens is 370 g/mol. The van der Waals surface area contributed by atoms with Crippen LogP contribution in [0.5, 0.6) is 0 Å². The molecule has 2 fully saturated rings. The minimum absolute atomic E-state index is 0.0515. The van der Waals surface area contributed by atoms with E-state index < -0.39 is 0 Å². The van der Waals surface area contributed by atoms with E-state index >= 15 is 0 Å². The summed E-state index contributed by atoms with van der Waals surface area (Å²) in [6.45, 7) is 21.4. The molecule has 162 valence electrons. The SMILES string of the molecule is CC(C)c1cccc(C(C)C)c1N1C(=S)[C@]2(C[C@H](C)CC[C@H]2C(C)C)CC1(C)C. The van der Waals surface area contributed by atoms with Crippen molar-refractivity contribution in [1.29, 1.82) is 0 Å². The molecule has 1 aromatic carbocycles. The second kappa shape index (κ2) is 7.98. The summed E-state index contributed by atoms with van der Waals surface area (Å²) < 4.78 is 0. The Morgan fingerprint density at radius 2 is 1.52 bits per heavy atom. The Morgan fingerprint density at radius 1 is 0.966 bits per heavy atom. The van der Waals surface area contributed by atoms with E-state index in [1.54, 1.807) is 0 Å². The number of nitrogens with zero attached hydrogens (tertiary/aromatic N) is 1. The number of hydrogen-bond acceptors (Lipinski definition) is 1. The average molecular weight is 414 g/mol. The second-order valence-corrected chi connectivity index (χ2v) is 12.0. The van der Waals surface area contributed by atoms with Crippen molar-refractivity contribution < 1.29 is 0 Å². The molecule has 1 saturated carbocycles. The van der Waals surface area contributed by atoms with Gasteiger partial charge in [-0.1, -0.05) is 85.3 Å². The van der Waals surface area contributed by atoms with Gasteiger partial charge in [-0.15, -0.1) is 0 Å². The highest BCUT2D eigenvalue weighted by molar-refractivity contribution is 7.80. The Bertz CT molecular complexity index is 734. The number of benzene rings is 1. The van der Waals surface area contributed by atoms with E-state index in [-0.39, 0.29) is 11.0 Å². The Balaban J connectivity index is 2.21. The molecule has 1 nitrogen and oxygen atoms in total. The summed E-state index contributed by atoms with van der Waals surface area (Å²) in [5, 5.41) is 0. The zero-order chi connectivity index (χ0) is 21.7. The van der Waals surface area contributed by atoms with Crippen molar-refractivity contribution in [3.8, 4) is 0 Å². The summed E-state index contributed by atoms with van der Waals surface area (Å²) in [6, 6.07) is 6.91. The van der Waals surface area contributed by atoms with Crippen LogP contribution in [0.15, 0.2) is 18.2 Å². The number of hydrogen-bond donors (Lipinski definition) is 0. The van der Waals surface area contributed by atoms with E-state index in [2.05, 4.69) is 85.4 Å². The minimum atomic E-state index is 0.0515. The average Bonchev–Trinajstić information content (AvgIpc) is 2.78. The lowest BCUT2D eigenvalue weighted by Gasteiger charge is -2.46. The third-order valence-electron chi connectivity index (χ3n) is 7.75. The standard InChI is InChI=1S/C27H43NS/c1-17(2)21-11-10-12-22(18(3)4)24(21)28-25(29)27(16-26(28,8)9)15-20(7)13-14-23(27)19(5)6/h10-12,17-20,23H,13-16H2,1-9H3/t20-,23+,27-/m1/s1. The number of rotatable bonds is 4. The van der Waals surface area contributed by atoms with Gasteiger partial charge in [-0.3, -0.25) is 0 Å². The van der Waals surface area contributed by atoms with Gasteiger partial charge >= 0.3 is 0 Å². The lowest BCUT2D eigenvalue weighted by molar-refractivity contribution is 0.0865. The molecule has 2 heteroatoms. The van der Waals surface area contributed by atoms with E-state index in [0.29, 0.717) is 23.7 Å². The van der Waals surface area contributed by atoms with Crippen LogP contribution in [0.25, 0.3) is 0 Å². The molecular formula is C27H43NS. The molecule has 0 aromatic heterocycles. The highest BCUT2D eigenvalue weighted by Crippen LogP contribution is 2.59. The fraction of sp³-hybridized carbons (Fsp3) is 0.741. The maximum Gasteiger partial charge on any atom is 0.0895 e. The topological polar surface area (TPSA) is 3.24 Å². The molecule has 1 saturated heterocycles. The van der Waals surface area contributed by atoms with Crippen LogP contribution in [-0.4, -0.2) is 10.5 Å². The summed E-state index contributed by atoms with van der Waals surface area (Å²) in [5.41, 5.74) is 4.55. The first kappa shape index (κ1) is 22.8. The largest absolute Gasteiger partial charge is 0.329 e. The van der Waals surface area contributed by atoms with Crippen molar-refractivity contribution in [1.82, 2.24) is 0 Å². The van der Waals surface area contributed by atoms with Crippen LogP contribution in [0.2, 0.25) is 0 Å². The highest BCUT2D eigenvalue weighted by Gasteiger charge is 2.58. The van der Waals surface area contributed by atoms with E-state index in [1.165, 1.54) is 47.5 Å². The highest BCUT2D eigenvalue weighted by atomic mass is 32.1. The van der Waals surface area contributed by atoms with Crippen molar-refractivity contribution in [2.45, 2.75) is 105 Å². The lowest BCUT2D eigenvalue weighted by Crippen LogP contribution is -2.46. The van der Waals surface area contributed by atoms with Gasteiger partial charge in [-0.2, -0.15) is 0 Å². The summed E-state index contributed by atoms with van der Waals surface area (Å²) in [7, 11) is 0. The van der Waals surface area contributed by atoms with Crippen molar-refractivity contribution in [3.63, 3.8) is 0 Å². The second-order valence-electron chi connectivity index (χ2n) is 11.6. The molecule has 1 aromatic rings. The molecule has 3 rings (SSSR count). The van der Waals surface area contributed by atoms with Gasteiger partial charge < -0.3 is 4.90 Å². The fourth-order valence-electron chi connectivity index (χ4n) is 6.63. The van der Waals surface area contributed by atoms with Crippen LogP contribution >= 0.6 is 12.2 Å². The van der Waals surface area contributed by atoms with E-state index in [9.17, 15) is 0 Å². The quantitative estimate of drug-likeness (QED) is 0.456. The van der Waals surface area contributed by atoms with Gasteiger partial charge in [-0.05, 0) is 73.8 Å². The molecule has 1 aliphatic heterocycles. The fourth-order valence-corrected chi connectivity index (χ4v) is 7.28. The van der Waals surface area contributed by atoms with Crippen molar-refractivity contribution in [2.24, 2.45) is 23.2 Å². The normalized spacial score (nSPS) is 29.7. The number of para-hydroxylation sites is 1. The molecule has 0 unspecified atom stereocenters. The first-order valence-electron chi connectivity index (χ1n) is 11.9. The summed E-state index contributed by atoms with van der Waals surface area (Å²) in [4.78, 5) is 3.86. The third kappa shape index (κ3) is 3.80. The van der Waals surface area contributed by atoms with Gasteiger partial charge in [0.25, 0.3) is 0 Å². The summed E-state index contributed by atoms with van der Waals surface area (Å²) in [6.07, 6.45) is 5.13. The zero-order valence-corrected chi connectivity index (χ0v) is 21.1. The molecule has 3 atom stereocenters. The smallest absolute Gasteiger partial charge is 0.0895 e. The van der Waals surface area contributed by atoms with Crippen LogP contribution in [0.4, 0.5) is 5.69 Å². The molecule has 29 heavy (non-hydrogen) atoms. The molecule has 0 amide bonds. The zero-order valence-electron chi connectivity index (χ0n) is 20.3. The lowest BCUT2D eigenvalue weighted by atomic mass is 9.58. The molecule has 0 bridgehead atoms. The number of anilines is 1. The first-order valence-corrected chi connectivity index (χ1v) is 12.3. The molecule has 0 N–H and O–H groups in total. The van der Waals surface area contributed by atoms with Crippen LogP contribution in [0.1, 0.15) is 111 Å². The van der Waals surface area contributed by atoms with Crippen LogP contribution in [-0.2, 0) is 0 Å². The maximum atomic E-state index is 6.47. The van der Waals surface area contributed by atoms with Crippen LogP contribution in [0, 0.1) is 23.2 Å². The molecule has 2 aliphatic rings. The van der Waals surface area contributed by atoms with Gasteiger partial charge in [0.2, 0.25) is 0 Å². The third-order valence-corrected chi connectivity index (χ3v) is 8.34. The minimum Gasteiger partial charge on any atom is -0.329 e. The van der Waals surface area contributed by atoms with Gasteiger partial charge in [0.05, 0.1) is 4.99 Å². The van der Waals surface area contributed by atoms with Crippen LogP contribution < -0.4 is 4.90 Å². The predicted octanol–water partition coefficient (Wildman–Crippen LogP) is 8.33. The molecule has 1 aliphatic carbocycles. The number of thiocarbonyl (C=S) groups is 1. The molecule has 1 spiro atoms. The predicted molar refractivity (Wildman–Crippen MR) is 132 cm³/mol. The Hall–Kier alpha value is -0.890. The first-order chi connectivity index (χ1) is 13.4. The maximum absolute atomic E-state index is 6.47. The van der Waals surface area contributed by atoms with Gasteiger partial charge in [0.15, 0.2) is 0 Å². The summed E-state index contributed by atoms with van der Waals surface area (Å²) in [5.74, 6) is 3.13. The molecule has 0 radical (unpaired) electrons. The Morgan fingerprint density at radius 3 is 2.00 bits per heavy atom. The van der Waals surface area contributed by atoms with Gasteiger partial charge in [0.1, 0.15) is 0 Å². The molecule has 1 heterocycles. The van der Waals surface area contributed by atoms with Gasteiger partial charge in [-0.25, -0.2) is 0 Å². The van der Waals surface area contributed by atoms with E-state index in [4.69, 9.17) is 12.2 Å². The van der Waals surface area contributed by atoms with Crippen molar-refractivity contribution in [2.75, 3.05) is 4.90 Å².